The summed E-state index contributed by atoms with van der Waals surface area (Å²) in [4.78, 5) is 8.54. The van der Waals surface area contributed by atoms with Crippen LogP contribution in [-0.4, -0.2) is 10.7 Å². The van der Waals surface area contributed by atoms with Gasteiger partial charge in [-0.3, -0.25) is 9.98 Å². The minimum atomic E-state index is -0.236. The topological polar surface area (TPSA) is 25.2 Å². The van der Waals surface area contributed by atoms with Crippen LogP contribution in [0.1, 0.15) is 18.2 Å². The van der Waals surface area contributed by atoms with Gasteiger partial charge in [-0.2, -0.15) is 0 Å². The summed E-state index contributed by atoms with van der Waals surface area (Å²) in [7, 11) is 0. The van der Waals surface area contributed by atoms with E-state index in [0.29, 0.717) is 11.3 Å². The van der Waals surface area contributed by atoms with Crippen LogP contribution < -0.4 is 0 Å². The van der Waals surface area contributed by atoms with E-state index in [1.807, 2.05) is 25.1 Å². The van der Waals surface area contributed by atoms with E-state index in [2.05, 4.69) is 9.98 Å². The third-order valence-corrected chi connectivity index (χ3v) is 2.49. The molecule has 2 aromatic rings. The summed E-state index contributed by atoms with van der Waals surface area (Å²) >= 11 is 0. The lowest BCUT2D eigenvalue weighted by molar-refractivity contribution is 0.619. The van der Waals surface area contributed by atoms with Gasteiger partial charge < -0.3 is 0 Å². The first kappa shape index (κ1) is 11.5. The van der Waals surface area contributed by atoms with E-state index in [1.165, 1.54) is 6.07 Å². The molecule has 0 saturated carbocycles. The van der Waals surface area contributed by atoms with E-state index in [9.17, 15) is 4.39 Å². The highest BCUT2D eigenvalue weighted by Gasteiger charge is 2.01. The molecule has 0 aliphatic carbocycles. The Morgan fingerprint density at radius 3 is 2.71 bits per heavy atom. The maximum Gasteiger partial charge on any atom is 0.128 e. The first-order chi connectivity index (χ1) is 8.16. The lowest BCUT2D eigenvalue weighted by Gasteiger charge is -2.01. The Morgan fingerprint density at radius 2 is 2.06 bits per heavy atom. The average Bonchev–Trinajstić information content (AvgIpc) is 2.35. The van der Waals surface area contributed by atoms with Gasteiger partial charge in [0, 0.05) is 6.20 Å². The van der Waals surface area contributed by atoms with Gasteiger partial charge in [0.1, 0.15) is 5.82 Å². The van der Waals surface area contributed by atoms with Crippen molar-refractivity contribution in [2.75, 3.05) is 0 Å². The summed E-state index contributed by atoms with van der Waals surface area (Å²) in [5, 5.41) is 0. The summed E-state index contributed by atoms with van der Waals surface area (Å²) in [6, 6.07) is 10.6. The Balaban J connectivity index is 2.33. The van der Waals surface area contributed by atoms with Gasteiger partial charge in [0.2, 0.25) is 0 Å². The van der Waals surface area contributed by atoms with Crippen molar-refractivity contribution >= 4 is 11.4 Å². The zero-order chi connectivity index (χ0) is 12.3. The third kappa shape index (κ3) is 2.75. The molecule has 0 bridgehead atoms. The van der Waals surface area contributed by atoms with E-state index in [1.54, 1.807) is 25.3 Å². The number of nitrogens with zero attached hydrogens (tertiary/aromatic N) is 2. The molecule has 0 radical (unpaired) electrons. The summed E-state index contributed by atoms with van der Waals surface area (Å²) in [5.74, 6) is -0.236. The maximum absolute atomic E-state index is 13.3. The minimum Gasteiger partial charge on any atom is -0.255 e. The SMILES string of the molecule is CC(=Nc1ccc(C)c(F)c1)c1ccccn1. The Morgan fingerprint density at radius 1 is 1.24 bits per heavy atom. The zero-order valence-electron chi connectivity index (χ0n) is 9.81. The molecule has 0 aliphatic heterocycles. The highest BCUT2D eigenvalue weighted by Crippen LogP contribution is 2.17. The van der Waals surface area contributed by atoms with Gasteiger partial charge in [0.15, 0.2) is 0 Å². The molecular formula is C14H13FN2. The van der Waals surface area contributed by atoms with Crippen molar-refractivity contribution < 1.29 is 4.39 Å². The molecule has 86 valence electrons. The molecule has 2 nitrogen and oxygen atoms in total. The molecule has 0 fully saturated rings. The Hall–Kier alpha value is -2.03. The Bertz CT molecular complexity index is 547. The van der Waals surface area contributed by atoms with E-state index in [-0.39, 0.29) is 5.82 Å². The third-order valence-electron chi connectivity index (χ3n) is 2.49. The van der Waals surface area contributed by atoms with E-state index in [0.717, 1.165) is 11.4 Å². The summed E-state index contributed by atoms with van der Waals surface area (Å²) in [6.45, 7) is 3.59. The van der Waals surface area contributed by atoms with Crippen LogP contribution in [0.5, 0.6) is 0 Å². The molecular weight excluding hydrogens is 215 g/mol. The van der Waals surface area contributed by atoms with Crippen molar-refractivity contribution in [1.82, 2.24) is 4.98 Å². The minimum absolute atomic E-state index is 0.236. The van der Waals surface area contributed by atoms with Gasteiger partial charge in [-0.15, -0.1) is 0 Å². The maximum atomic E-state index is 13.3. The molecule has 17 heavy (non-hydrogen) atoms. The summed E-state index contributed by atoms with van der Waals surface area (Å²) < 4.78 is 13.3. The predicted octanol–water partition coefficient (Wildman–Crippen LogP) is 3.67. The fraction of sp³-hybridized carbons (Fsp3) is 0.143. The smallest absolute Gasteiger partial charge is 0.128 e. The number of hydrogen-bond donors (Lipinski definition) is 0. The first-order valence-corrected chi connectivity index (χ1v) is 5.39. The second-order valence-corrected chi connectivity index (χ2v) is 3.85. The second kappa shape index (κ2) is 4.87. The highest BCUT2D eigenvalue weighted by atomic mass is 19.1. The van der Waals surface area contributed by atoms with Crippen molar-refractivity contribution in [1.29, 1.82) is 0 Å². The number of benzene rings is 1. The fourth-order valence-corrected chi connectivity index (χ4v) is 1.48. The number of aliphatic imine (C=N–C) groups is 1. The van der Waals surface area contributed by atoms with Gasteiger partial charge in [-0.25, -0.2) is 4.39 Å². The number of aryl methyl sites for hydroxylation is 1. The molecule has 0 atom stereocenters. The van der Waals surface area contributed by atoms with Crippen molar-refractivity contribution in [3.05, 3.63) is 59.7 Å². The normalized spacial score (nSPS) is 11.6. The lowest BCUT2D eigenvalue weighted by atomic mass is 10.2. The highest BCUT2D eigenvalue weighted by molar-refractivity contribution is 5.98. The van der Waals surface area contributed by atoms with Crippen molar-refractivity contribution in [3.63, 3.8) is 0 Å². The van der Waals surface area contributed by atoms with Crippen molar-refractivity contribution in [2.24, 2.45) is 4.99 Å². The van der Waals surface area contributed by atoms with Crippen LogP contribution >= 0.6 is 0 Å². The largest absolute Gasteiger partial charge is 0.255 e. The van der Waals surface area contributed by atoms with Gasteiger partial charge in [-0.05, 0) is 43.7 Å². The monoisotopic (exact) mass is 228 g/mol. The van der Waals surface area contributed by atoms with Gasteiger partial charge in [-0.1, -0.05) is 12.1 Å². The summed E-state index contributed by atoms with van der Waals surface area (Å²) in [6.07, 6.45) is 1.71. The predicted molar refractivity (Wildman–Crippen MR) is 67.2 cm³/mol. The molecule has 1 aromatic carbocycles. The number of hydrogen-bond acceptors (Lipinski definition) is 2. The molecule has 0 saturated heterocycles. The van der Waals surface area contributed by atoms with Crippen LogP contribution in [0.2, 0.25) is 0 Å². The molecule has 0 aliphatic rings. The van der Waals surface area contributed by atoms with Crippen LogP contribution in [0.25, 0.3) is 0 Å². The molecule has 0 unspecified atom stereocenters. The van der Waals surface area contributed by atoms with Crippen LogP contribution in [0.15, 0.2) is 47.6 Å². The number of aromatic nitrogens is 1. The molecule has 0 amide bonds. The zero-order valence-corrected chi connectivity index (χ0v) is 9.81. The number of halogens is 1. The van der Waals surface area contributed by atoms with Gasteiger partial charge >= 0.3 is 0 Å². The Kier molecular flexibility index (Phi) is 3.28. The van der Waals surface area contributed by atoms with Crippen molar-refractivity contribution in [2.45, 2.75) is 13.8 Å². The average molecular weight is 228 g/mol. The molecule has 2 rings (SSSR count). The number of rotatable bonds is 2. The number of pyridine rings is 1. The van der Waals surface area contributed by atoms with Crippen molar-refractivity contribution in [3.8, 4) is 0 Å². The molecule has 3 heteroatoms. The second-order valence-electron chi connectivity index (χ2n) is 3.85. The molecule has 1 heterocycles. The standard InChI is InChI=1S/C14H13FN2/c1-10-6-7-12(9-13(10)15)17-11(2)14-5-3-4-8-16-14/h3-9H,1-2H3. The van der Waals surface area contributed by atoms with Crippen LogP contribution in [-0.2, 0) is 0 Å². The summed E-state index contributed by atoms with van der Waals surface area (Å²) in [5.41, 5.74) is 2.80. The molecule has 1 aromatic heterocycles. The Labute approximate surface area is 99.9 Å². The van der Waals surface area contributed by atoms with E-state index >= 15 is 0 Å². The molecule has 0 N–H and O–H groups in total. The van der Waals surface area contributed by atoms with Crippen LogP contribution in [0.3, 0.4) is 0 Å². The van der Waals surface area contributed by atoms with E-state index < -0.39 is 0 Å². The van der Waals surface area contributed by atoms with Crippen LogP contribution in [0, 0.1) is 12.7 Å². The first-order valence-electron chi connectivity index (χ1n) is 5.39. The van der Waals surface area contributed by atoms with Gasteiger partial charge in [0.25, 0.3) is 0 Å². The van der Waals surface area contributed by atoms with Gasteiger partial charge in [0.05, 0.1) is 17.1 Å². The quantitative estimate of drug-likeness (QED) is 0.720. The molecule has 0 spiro atoms. The van der Waals surface area contributed by atoms with E-state index in [4.69, 9.17) is 0 Å². The lowest BCUT2D eigenvalue weighted by Crippen LogP contribution is -1.96. The van der Waals surface area contributed by atoms with Crippen LogP contribution in [0.4, 0.5) is 10.1 Å². The fourth-order valence-electron chi connectivity index (χ4n) is 1.48.